The van der Waals surface area contributed by atoms with Crippen molar-refractivity contribution in [3.63, 3.8) is 0 Å². The van der Waals surface area contributed by atoms with Crippen LogP contribution in [0.4, 0.5) is 19.6 Å². The molecule has 0 aliphatic heterocycles. The van der Waals surface area contributed by atoms with Gasteiger partial charge in [0, 0.05) is 11.8 Å². The van der Waals surface area contributed by atoms with Gasteiger partial charge < -0.3 is 11.1 Å². The molecule has 1 heterocycles. The topological polar surface area (TPSA) is 80.9 Å². The monoisotopic (exact) mass is 256 g/mol. The van der Waals surface area contributed by atoms with Gasteiger partial charge in [0.2, 0.25) is 10.1 Å². The molecular formula is C9H6F2N4OS. The van der Waals surface area contributed by atoms with E-state index < -0.39 is 17.5 Å². The number of anilines is 2. The van der Waals surface area contributed by atoms with Crippen molar-refractivity contribution in [2.75, 3.05) is 11.1 Å². The number of nitrogens with two attached hydrogens (primary N) is 1. The minimum atomic E-state index is -1.04. The van der Waals surface area contributed by atoms with E-state index in [4.69, 9.17) is 5.73 Å². The minimum absolute atomic E-state index is 0.0484. The summed E-state index contributed by atoms with van der Waals surface area (Å²) < 4.78 is 25.5. The number of amides is 1. The lowest BCUT2D eigenvalue weighted by Gasteiger charge is -2.02. The Morgan fingerprint density at radius 2 is 2.06 bits per heavy atom. The Morgan fingerprint density at radius 3 is 2.65 bits per heavy atom. The van der Waals surface area contributed by atoms with Crippen molar-refractivity contribution < 1.29 is 13.6 Å². The summed E-state index contributed by atoms with van der Waals surface area (Å²) in [4.78, 5) is 11.5. The van der Waals surface area contributed by atoms with Gasteiger partial charge in [-0.3, -0.25) is 4.79 Å². The Bertz CT molecular complexity index is 572. The smallest absolute Gasteiger partial charge is 0.286 e. The molecular weight excluding hydrogens is 250 g/mol. The molecule has 1 amide bonds. The highest BCUT2D eigenvalue weighted by atomic mass is 32.1. The third kappa shape index (κ3) is 2.53. The summed E-state index contributed by atoms with van der Waals surface area (Å²) in [5.41, 5.74) is 5.44. The third-order valence-corrected chi connectivity index (χ3v) is 2.56. The molecule has 0 spiro atoms. The molecule has 3 N–H and O–H groups in total. The Labute approximate surface area is 98.3 Å². The van der Waals surface area contributed by atoms with Crippen molar-refractivity contribution in [2.24, 2.45) is 0 Å². The number of benzene rings is 1. The Morgan fingerprint density at radius 1 is 1.29 bits per heavy atom. The lowest BCUT2D eigenvalue weighted by molar-refractivity contribution is 0.102. The van der Waals surface area contributed by atoms with Crippen LogP contribution in [0.2, 0.25) is 0 Å². The van der Waals surface area contributed by atoms with Gasteiger partial charge in [-0.15, -0.1) is 10.2 Å². The van der Waals surface area contributed by atoms with Gasteiger partial charge in [-0.2, -0.15) is 0 Å². The van der Waals surface area contributed by atoms with E-state index in [0.29, 0.717) is 0 Å². The van der Waals surface area contributed by atoms with Gasteiger partial charge in [0.05, 0.1) is 0 Å². The molecule has 1 aromatic heterocycles. The second-order valence-electron chi connectivity index (χ2n) is 3.03. The SMILES string of the molecule is Nc1nnc(C(=O)Nc2ccc(F)c(F)c2)s1. The van der Waals surface area contributed by atoms with Gasteiger partial charge in [-0.25, -0.2) is 8.78 Å². The molecule has 0 aliphatic carbocycles. The maximum absolute atomic E-state index is 12.9. The highest BCUT2D eigenvalue weighted by Gasteiger charge is 2.12. The van der Waals surface area contributed by atoms with E-state index in [2.05, 4.69) is 15.5 Å². The average Bonchev–Trinajstić information content (AvgIpc) is 2.70. The van der Waals surface area contributed by atoms with Crippen LogP contribution in [0.5, 0.6) is 0 Å². The zero-order chi connectivity index (χ0) is 12.4. The number of carbonyl (C=O) groups is 1. The van der Waals surface area contributed by atoms with Crippen LogP contribution in [-0.4, -0.2) is 16.1 Å². The van der Waals surface area contributed by atoms with Crippen molar-refractivity contribution in [1.29, 1.82) is 0 Å². The van der Waals surface area contributed by atoms with Crippen LogP contribution in [-0.2, 0) is 0 Å². The molecule has 88 valence electrons. The van der Waals surface area contributed by atoms with Crippen LogP contribution in [0.15, 0.2) is 18.2 Å². The van der Waals surface area contributed by atoms with Gasteiger partial charge in [-0.05, 0) is 12.1 Å². The fourth-order valence-electron chi connectivity index (χ4n) is 1.08. The molecule has 17 heavy (non-hydrogen) atoms. The summed E-state index contributed by atoms with van der Waals surface area (Å²) in [5.74, 6) is -2.60. The van der Waals surface area contributed by atoms with Crippen LogP contribution < -0.4 is 11.1 Å². The van der Waals surface area contributed by atoms with Crippen LogP contribution in [0.3, 0.4) is 0 Å². The summed E-state index contributed by atoms with van der Waals surface area (Å²) in [6, 6.07) is 3.03. The maximum atomic E-state index is 12.9. The van der Waals surface area contributed by atoms with E-state index in [-0.39, 0.29) is 15.8 Å². The van der Waals surface area contributed by atoms with Crippen molar-refractivity contribution >= 4 is 28.1 Å². The van der Waals surface area contributed by atoms with Crippen molar-refractivity contribution in [3.8, 4) is 0 Å². The Balaban J connectivity index is 2.15. The number of halogens is 2. The van der Waals surface area contributed by atoms with Crippen LogP contribution >= 0.6 is 11.3 Å². The first-order chi connectivity index (χ1) is 8.06. The number of nitrogen functional groups attached to an aromatic ring is 1. The molecule has 0 atom stereocenters. The van der Waals surface area contributed by atoms with Crippen molar-refractivity contribution in [3.05, 3.63) is 34.8 Å². The zero-order valence-corrected chi connectivity index (χ0v) is 9.09. The zero-order valence-electron chi connectivity index (χ0n) is 8.28. The number of carbonyl (C=O) groups excluding carboxylic acids is 1. The second-order valence-corrected chi connectivity index (χ2v) is 4.04. The summed E-state index contributed by atoms with van der Waals surface area (Å²) in [7, 11) is 0. The number of hydrogen-bond donors (Lipinski definition) is 2. The van der Waals surface area contributed by atoms with E-state index in [1.54, 1.807) is 0 Å². The van der Waals surface area contributed by atoms with Gasteiger partial charge >= 0.3 is 0 Å². The predicted octanol–water partition coefficient (Wildman–Crippen LogP) is 1.65. The summed E-state index contributed by atoms with van der Waals surface area (Å²) in [6.45, 7) is 0. The van der Waals surface area contributed by atoms with Gasteiger partial charge in [0.1, 0.15) is 0 Å². The first-order valence-electron chi connectivity index (χ1n) is 4.41. The molecule has 5 nitrogen and oxygen atoms in total. The summed E-state index contributed by atoms with van der Waals surface area (Å²) in [6.07, 6.45) is 0. The highest BCUT2D eigenvalue weighted by molar-refractivity contribution is 7.16. The van der Waals surface area contributed by atoms with E-state index in [0.717, 1.165) is 23.5 Å². The fourth-order valence-corrected chi connectivity index (χ4v) is 1.59. The molecule has 0 bridgehead atoms. The lowest BCUT2D eigenvalue weighted by Crippen LogP contribution is -2.11. The van der Waals surface area contributed by atoms with Crippen LogP contribution in [0.25, 0.3) is 0 Å². The molecule has 0 fully saturated rings. The standard InChI is InChI=1S/C9H6F2N4OS/c10-5-2-1-4(3-6(5)11)13-7(16)8-14-15-9(12)17-8/h1-3H,(H2,12,15)(H,13,16). The Kier molecular flexibility index (Phi) is 2.96. The van der Waals surface area contributed by atoms with Crippen LogP contribution in [0.1, 0.15) is 9.80 Å². The minimum Gasteiger partial charge on any atom is -0.374 e. The fraction of sp³-hybridized carbons (Fsp3) is 0. The molecule has 2 aromatic rings. The van der Waals surface area contributed by atoms with Crippen molar-refractivity contribution in [2.45, 2.75) is 0 Å². The third-order valence-electron chi connectivity index (χ3n) is 1.81. The molecule has 0 radical (unpaired) electrons. The summed E-state index contributed by atoms with van der Waals surface area (Å²) in [5, 5.41) is 9.53. The molecule has 0 saturated heterocycles. The highest BCUT2D eigenvalue weighted by Crippen LogP contribution is 2.16. The number of nitrogens with zero attached hydrogens (tertiary/aromatic N) is 2. The molecule has 0 aliphatic rings. The number of hydrogen-bond acceptors (Lipinski definition) is 5. The number of nitrogens with one attached hydrogen (secondary N) is 1. The summed E-state index contributed by atoms with van der Waals surface area (Å²) >= 11 is 0.898. The van der Waals surface area contributed by atoms with E-state index in [9.17, 15) is 13.6 Å². The van der Waals surface area contributed by atoms with Crippen molar-refractivity contribution in [1.82, 2.24) is 10.2 Å². The second kappa shape index (κ2) is 4.42. The first kappa shape index (κ1) is 11.4. The lowest BCUT2D eigenvalue weighted by atomic mass is 10.3. The number of aromatic nitrogens is 2. The largest absolute Gasteiger partial charge is 0.374 e. The number of rotatable bonds is 2. The molecule has 0 unspecified atom stereocenters. The normalized spacial score (nSPS) is 10.2. The van der Waals surface area contributed by atoms with Gasteiger partial charge in [-0.1, -0.05) is 11.3 Å². The molecule has 0 saturated carbocycles. The van der Waals surface area contributed by atoms with E-state index in [1.807, 2.05) is 0 Å². The molecule has 8 heteroatoms. The van der Waals surface area contributed by atoms with Gasteiger partial charge in [0.15, 0.2) is 11.6 Å². The van der Waals surface area contributed by atoms with E-state index >= 15 is 0 Å². The first-order valence-corrected chi connectivity index (χ1v) is 5.23. The molecule has 1 aromatic carbocycles. The maximum Gasteiger partial charge on any atom is 0.286 e. The Hall–Kier alpha value is -2.09. The predicted molar refractivity (Wildman–Crippen MR) is 58.6 cm³/mol. The average molecular weight is 256 g/mol. The van der Waals surface area contributed by atoms with Gasteiger partial charge in [0.25, 0.3) is 5.91 Å². The van der Waals surface area contributed by atoms with Crippen LogP contribution in [0, 0.1) is 11.6 Å². The quantitative estimate of drug-likeness (QED) is 0.856. The van der Waals surface area contributed by atoms with E-state index in [1.165, 1.54) is 6.07 Å². The molecule has 2 rings (SSSR count).